The van der Waals surface area contributed by atoms with E-state index in [1.54, 1.807) is 0 Å². The maximum Gasteiger partial charge on any atom is 0.236 e. The van der Waals surface area contributed by atoms with Gasteiger partial charge >= 0.3 is 0 Å². The lowest BCUT2D eigenvalue weighted by atomic mass is 9.92. The summed E-state index contributed by atoms with van der Waals surface area (Å²) in [7, 11) is 1.97. The van der Waals surface area contributed by atoms with Gasteiger partial charge in [0.1, 0.15) is 0 Å². The van der Waals surface area contributed by atoms with E-state index in [2.05, 4.69) is 10.2 Å². The highest BCUT2D eigenvalue weighted by molar-refractivity contribution is 5.78. The molecular formula is C13H23N3O. The first kappa shape index (κ1) is 11.5. The Bertz CT molecular complexity index is 303. The van der Waals surface area contributed by atoms with Crippen molar-refractivity contribution in [2.75, 3.05) is 33.2 Å². The highest BCUT2D eigenvalue weighted by Crippen LogP contribution is 2.28. The third-order valence-electron chi connectivity index (χ3n) is 4.62. The van der Waals surface area contributed by atoms with Crippen molar-refractivity contribution in [2.45, 2.75) is 37.8 Å². The minimum absolute atomic E-state index is 0.319. The molecule has 3 rings (SSSR count). The van der Waals surface area contributed by atoms with Gasteiger partial charge in [-0.15, -0.1) is 0 Å². The number of hydrogen-bond acceptors (Lipinski definition) is 3. The molecule has 0 bridgehead atoms. The van der Waals surface area contributed by atoms with Gasteiger partial charge < -0.3 is 10.2 Å². The van der Waals surface area contributed by atoms with E-state index < -0.39 is 0 Å². The number of hydrogen-bond donors (Lipinski definition) is 1. The number of fused-ring (bicyclic) bond motifs is 1. The zero-order valence-corrected chi connectivity index (χ0v) is 10.7. The van der Waals surface area contributed by atoms with Gasteiger partial charge in [0.05, 0.1) is 6.54 Å². The molecule has 3 fully saturated rings. The number of carbonyl (C=O) groups is 1. The maximum absolute atomic E-state index is 12.1. The average molecular weight is 237 g/mol. The first-order valence-electron chi connectivity index (χ1n) is 6.96. The molecule has 3 aliphatic rings. The van der Waals surface area contributed by atoms with E-state index in [4.69, 9.17) is 0 Å². The van der Waals surface area contributed by atoms with Gasteiger partial charge in [0.25, 0.3) is 0 Å². The van der Waals surface area contributed by atoms with Crippen LogP contribution in [0.25, 0.3) is 0 Å². The standard InChI is InChI=1S/C13H23N3O/c1-15(11-4-5-11)13(17)9-16-6-2-3-10-7-14-8-12(10)16/h10-12,14H,2-9H2,1H3. The van der Waals surface area contributed by atoms with Crippen LogP contribution in [0.2, 0.25) is 0 Å². The largest absolute Gasteiger partial charge is 0.342 e. The van der Waals surface area contributed by atoms with E-state index in [9.17, 15) is 4.79 Å². The number of nitrogens with one attached hydrogen (secondary N) is 1. The van der Waals surface area contributed by atoms with E-state index in [1.165, 1.54) is 25.7 Å². The Kier molecular flexibility index (Phi) is 3.09. The summed E-state index contributed by atoms with van der Waals surface area (Å²) in [6.07, 6.45) is 5.00. The predicted molar refractivity (Wildman–Crippen MR) is 66.7 cm³/mol. The zero-order valence-electron chi connectivity index (χ0n) is 10.7. The summed E-state index contributed by atoms with van der Waals surface area (Å²) in [5, 5.41) is 3.47. The zero-order chi connectivity index (χ0) is 11.8. The minimum atomic E-state index is 0.319. The van der Waals surface area contributed by atoms with Crippen molar-refractivity contribution >= 4 is 5.91 Å². The van der Waals surface area contributed by atoms with Crippen molar-refractivity contribution in [2.24, 2.45) is 5.92 Å². The van der Waals surface area contributed by atoms with Gasteiger partial charge in [-0.2, -0.15) is 0 Å². The smallest absolute Gasteiger partial charge is 0.236 e. The summed E-state index contributed by atoms with van der Waals surface area (Å²) in [5.74, 6) is 1.10. The molecule has 2 aliphatic heterocycles. The second-order valence-corrected chi connectivity index (χ2v) is 5.83. The van der Waals surface area contributed by atoms with E-state index in [0.717, 1.165) is 25.6 Å². The minimum Gasteiger partial charge on any atom is -0.342 e. The summed E-state index contributed by atoms with van der Waals surface area (Å²) < 4.78 is 0. The molecule has 1 amide bonds. The van der Waals surface area contributed by atoms with Gasteiger partial charge in [0, 0.05) is 25.7 Å². The van der Waals surface area contributed by atoms with Crippen molar-refractivity contribution in [1.29, 1.82) is 0 Å². The Morgan fingerprint density at radius 2 is 2.18 bits per heavy atom. The van der Waals surface area contributed by atoms with Crippen LogP contribution in [0.5, 0.6) is 0 Å². The summed E-state index contributed by atoms with van der Waals surface area (Å²) in [6, 6.07) is 1.16. The number of likely N-dealkylation sites (N-methyl/N-ethyl adjacent to an activating group) is 1. The highest BCUT2D eigenvalue weighted by atomic mass is 16.2. The third-order valence-corrected chi connectivity index (χ3v) is 4.62. The molecule has 4 nitrogen and oxygen atoms in total. The van der Waals surface area contributed by atoms with Crippen LogP contribution in [0.3, 0.4) is 0 Å². The average Bonchev–Trinajstić information content (AvgIpc) is 3.06. The van der Waals surface area contributed by atoms with E-state index in [0.29, 0.717) is 24.5 Å². The number of carbonyl (C=O) groups excluding carboxylic acids is 1. The quantitative estimate of drug-likeness (QED) is 0.766. The Morgan fingerprint density at radius 1 is 1.35 bits per heavy atom. The van der Waals surface area contributed by atoms with Crippen molar-refractivity contribution in [3.8, 4) is 0 Å². The van der Waals surface area contributed by atoms with Crippen molar-refractivity contribution in [3.05, 3.63) is 0 Å². The number of nitrogens with zero attached hydrogens (tertiary/aromatic N) is 2. The molecule has 1 aliphatic carbocycles. The molecule has 4 heteroatoms. The molecule has 0 spiro atoms. The molecule has 2 heterocycles. The maximum atomic E-state index is 12.1. The number of amides is 1. The first-order valence-corrected chi connectivity index (χ1v) is 6.96. The SMILES string of the molecule is CN(C(=O)CN1CCCC2CNCC21)C1CC1. The van der Waals surface area contributed by atoms with E-state index in [-0.39, 0.29) is 0 Å². The Morgan fingerprint density at radius 3 is 2.94 bits per heavy atom. The predicted octanol–water partition coefficient (Wildman–Crippen LogP) is 0.291. The molecule has 0 radical (unpaired) electrons. The van der Waals surface area contributed by atoms with E-state index >= 15 is 0 Å². The van der Waals surface area contributed by atoms with Crippen molar-refractivity contribution in [1.82, 2.24) is 15.1 Å². The summed E-state index contributed by atoms with van der Waals surface area (Å²) in [5.41, 5.74) is 0. The molecule has 17 heavy (non-hydrogen) atoms. The molecule has 2 atom stereocenters. The molecule has 2 saturated heterocycles. The van der Waals surface area contributed by atoms with Crippen LogP contribution in [0.4, 0.5) is 0 Å². The molecule has 0 aromatic heterocycles. The Balaban J connectivity index is 1.57. The van der Waals surface area contributed by atoms with Gasteiger partial charge in [-0.3, -0.25) is 9.69 Å². The third kappa shape index (κ3) is 2.33. The summed E-state index contributed by atoms with van der Waals surface area (Å²) in [6.45, 7) is 3.96. The monoisotopic (exact) mass is 237 g/mol. The lowest BCUT2D eigenvalue weighted by molar-refractivity contribution is -0.132. The molecule has 0 aromatic rings. The molecule has 0 aromatic carbocycles. The van der Waals surface area contributed by atoms with Gasteiger partial charge in [0.2, 0.25) is 5.91 Å². The molecule has 1 N–H and O–H groups in total. The second kappa shape index (κ2) is 4.58. The van der Waals surface area contributed by atoms with Crippen molar-refractivity contribution < 1.29 is 4.79 Å². The number of likely N-dealkylation sites (tertiary alicyclic amines) is 1. The Hall–Kier alpha value is -0.610. The number of rotatable bonds is 3. The van der Waals surface area contributed by atoms with Crippen LogP contribution in [0.1, 0.15) is 25.7 Å². The topological polar surface area (TPSA) is 35.6 Å². The van der Waals surface area contributed by atoms with Gasteiger partial charge in [-0.1, -0.05) is 0 Å². The van der Waals surface area contributed by atoms with Crippen LogP contribution >= 0.6 is 0 Å². The summed E-state index contributed by atoms with van der Waals surface area (Å²) >= 11 is 0. The van der Waals surface area contributed by atoms with Gasteiger partial charge in [-0.05, 0) is 44.7 Å². The van der Waals surface area contributed by atoms with Crippen LogP contribution in [0.15, 0.2) is 0 Å². The normalized spacial score (nSPS) is 33.5. The lowest BCUT2D eigenvalue weighted by Gasteiger charge is -2.37. The lowest BCUT2D eigenvalue weighted by Crippen LogP contribution is -2.49. The van der Waals surface area contributed by atoms with Crippen LogP contribution in [-0.4, -0.2) is 61.0 Å². The summed E-state index contributed by atoms with van der Waals surface area (Å²) in [4.78, 5) is 16.5. The van der Waals surface area contributed by atoms with Gasteiger partial charge in [-0.25, -0.2) is 0 Å². The van der Waals surface area contributed by atoms with Crippen LogP contribution < -0.4 is 5.32 Å². The molecular weight excluding hydrogens is 214 g/mol. The molecule has 2 unspecified atom stereocenters. The first-order chi connectivity index (χ1) is 8.25. The Labute approximate surface area is 103 Å². The fourth-order valence-corrected chi connectivity index (χ4v) is 3.31. The molecule has 96 valence electrons. The number of piperidine rings is 1. The van der Waals surface area contributed by atoms with Crippen LogP contribution in [0, 0.1) is 5.92 Å². The fraction of sp³-hybridized carbons (Fsp3) is 0.923. The van der Waals surface area contributed by atoms with Crippen LogP contribution in [-0.2, 0) is 4.79 Å². The van der Waals surface area contributed by atoms with Gasteiger partial charge in [0.15, 0.2) is 0 Å². The highest BCUT2D eigenvalue weighted by Gasteiger charge is 2.37. The fourth-order valence-electron chi connectivity index (χ4n) is 3.31. The molecule has 1 saturated carbocycles. The van der Waals surface area contributed by atoms with E-state index in [1.807, 2.05) is 11.9 Å². The van der Waals surface area contributed by atoms with Crippen molar-refractivity contribution in [3.63, 3.8) is 0 Å². The second-order valence-electron chi connectivity index (χ2n) is 5.83.